The van der Waals surface area contributed by atoms with Crippen molar-refractivity contribution in [1.82, 2.24) is 14.5 Å². The van der Waals surface area contributed by atoms with Crippen molar-refractivity contribution in [2.75, 3.05) is 0 Å². The van der Waals surface area contributed by atoms with Gasteiger partial charge in [-0.25, -0.2) is 9.97 Å². The number of rotatable bonds is 3. The van der Waals surface area contributed by atoms with Crippen LogP contribution in [0.2, 0.25) is 0 Å². The lowest BCUT2D eigenvalue weighted by molar-refractivity contribution is 0.768. The van der Waals surface area contributed by atoms with E-state index in [0.717, 1.165) is 50.1 Å². The molecule has 14 rings (SSSR count). The van der Waals surface area contributed by atoms with Gasteiger partial charge in [0.05, 0.1) is 27.7 Å². The summed E-state index contributed by atoms with van der Waals surface area (Å²) in [4.78, 5) is 10.2. The highest BCUT2D eigenvalue weighted by Crippen LogP contribution is 2.60. The van der Waals surface area contributed by atoms with Crippen LogP contribution in [0, 0.1) is 0 Å². The molecule has 1 atom stereocenters. The van der Waals surface area contributed by atoms with Crippen molar-refractivity contribution in [3.8, 4) is 39.3 Å². The molecule has 3 heterocycles. The van der Waals surface area contributed by atoms with Gasteiger partial charge in [-0.05, 0) is 143 Å². The normalized spacial score (nSPS) is 14.9. The van der Waals surface area contributed by atoms with Gasteiger partial charge in [-0.15, -0.1) is 0 Å². The topological polar surface area (TPSA) is 30.7 Å². The van der Waals surface area contributed by atoms with Crippen LogP contribution in [0.4, 0.5) is 0 Å². The molecule has 0 radical (unpaired) electrons. The molecule has 9 aromatic carbocycles. The molecule has 0 saturated heterocycles. The third-order valence-corrected chi connectivity index (χ3v) is 14.1. The number of pyridine rings is 2. The molecule has 3 aromatic heterocycles. The molecule has 12 aromatic rings. The van der Waals surface area contributed by atoms with Gasteiger partial charge in [-0.2, -0.15) is 0 Å². The van der Waals surface area contributed by atoms with Gasteiger partial charge >= 0.3 is 0 Å². The molecule has 0 saturated carbocycles. The van der Waals surface area contributed by atoms with E-state index in [1.807, 2.05) is 18.3 Å². The van der Waals surface area contributed by atoms with Crippen molar-refractivity contribution in [2.24, 2.45) is 0 Å². The van der Waals surface area contributed by atoms with E-state index in [1.165, 1.54) is 76.8 Å². The molecule has 3 heteroatoms. The third kappa shape index (κ3) is 4.81. The van der Waals surface area contributed by atoms with Gasteiger partial charge in [0.25, 0.3) is 0 Å². The summed E-state index contributed by atoms with van der Waals surface area (Å²) in [5.41, 5.74) is 17.0. The molecule has 64 heavy (non-hydrogen) atoms. The second kappa shape index (κ2) is 13.3. The van der Waals surface area contributed by atoms with E-state index in [0.29, 0.717) is 0 Å². The van der Waals surface area contributed by atoms with Crippen molar-refractivity contribution in [3.05, 3.63) is 246 Å². The van der Waals surface area contributed by atoms with Gasteiger partial charge < -0.3 is 0 Å². The summed E-state index contributed by atoms with van der Waals surface area (Å²) in [6.07, 6.45) is 6.51. The van der Waals surface area contributed by atoms with Crippen LogP contribution in [-0.2, 0) is 5.41 Å². The Morgan fingerprint density at radius 2 is 0.984 bits per heavy atom. The van der Waals surface area contributed by atoms with Crippen molar-refractivity contribution < 1.29 is 0 Å². The fourth-order valence-corrected chi connectivity index (χ4v) is 11.3. The van der Waals surface area contributed by atoms with E-state index in [4.69, 9.17) is 9.97 Å². The summed E-state index contributed by atoms with van der Waals surface area (Å²) in [5.74, 6) is 0.869. The zero-order chi connectivity index (χ0) is 41.9. The molecule has 2 aliphatic carbocycles. The first-order valence-corrected chi connectivity index (χ1v) is 22.1. The van der Waals surface area contributed by atoms with Crippen LogP contribution in [-0.4, -0.2) is 14.5 Å². The number of hydrogen-bond acceptors (Lipinski definition) is 2. The van der Waals surface area contributed by atoms with Gasteiger partial charge in [-0.3, -0.25) is 4.57 Å². The quantitative estimate of drug-likeness (QED) is 0.166. The Kier molecular flexibility index (Phi) is 7.32. The van der Waals surface area contributed by atoms with Gasteiger partial charge in [0.15, 0.2) is 0 Å². The summed E-state index contributed by atoms with van der Waals surface area (Å²) in [6, 6.07) is 75.9. The monoisotopic (exact) mass is 811 g/mol. The molecule has 0 aliphatic heterocycles. The molecule has 1 spiro atoms. The minimum absolute atomic E-state index is 0.594. The van der Waals surface area contributed by atoms with Crippen LogP contribution >= 0.6 is 0 Å². The maximum Gasteiger partial charge on any atom is 0.137 e. The van der Waals surface area contributed by atoms with E-state index in [9.17, 15) is 0 Å². The summed E-state index contributed by atoms with van der Waals surface area (Å²) >= 11 is 0. The summed E-state index contributed by atoms with van der Waals surface area (Å²) in [5, 5.41) is 8.80. The van der Waals surface area contributed by atoms with E-state index in [-0.39, 0.29) is 0 Å². The third-order valence-electron chi connectivity index (χ3n) is 14.1. The second-order valence-corrected chi connectivity index (χ2v) is 17.2. The Bertz CT molecular complexity index is 3950. The first-order valence-electron chi connectivity index (χ1n) is 22.1. The number of hydrogen-bond donors (Lipinski definition) is 0. The van der Waals surface area contributed by atoms with Crippen molar-refractivity contribution in [1.29, 1.82) is 0 Å². The van der Waals surface area contributed by atoms with Crippen LogP contribution in [0.15, 0.2) is 212 Å². The molecule has 0 bridgehead atoms. The second-order valence-electron chi connectivity index (χ2n) is 17.2. The largest absolute Gasteiger partial charge is 0.292 e. The smallest absolute Gasteiger partial charge is 0.137 e. The molecule has 2 aliphatic rings. The van der Waals surface area contributed by atoms with E-state index in [1.54, 1.807) is 0 Å². The Balaban J connectivity index is 1.06. The van der Waals surface area contributed by atoms with Crippen LogP contribution < -0.4 is 0 Å². The number of benzene rings is 9. The predicted octanol–water partition coefficient (Wildman–Crippen LogP) is 15.2. The lowest BCUT2D eigenvalue weighted by Crippen LogP contribution is -2.30. The lowest BCUT2D eigenvalue weighted by Gasteiger charge is -2.36. The summed E-state index contributed by atoms with van der Waals surface area (Å²) in [7, 11) is 0. The van der Waals surface area contributed by atoms with E-state index >= 15 is 0 Å². The summed E-state index contributed by atoms with van der Waals surface area (Å²) < 4.78 is 2.24. The van der Waals surface area contributed by atoms with Crippen molar-refractivity contribution >= 4 is 66.4 Å². The molecule has 1 unspecified atom stereocenters. The standard InChI is InChI=1S/C61H37N3/c1-2-15-40(16-3-1)56-30-32-58-60(63-56)51-34-41(29-31-57(51)64(58)59-24-12-13-33-62-59)42-28-27-39-26-25-38-14-4-10-22-52(38)61(54(39)35-42)53-23-11-9-21-47(53)50-36-48-45-19-7-5-17-43(45)44-18-6-8-20-46(44)49(48)37-55(50)61/h1-37H. The Morgan fingerprint density at radius 3 is 1.77 bits per heavy atom. The minimum atomic E-state index is -0.594. The first kappa shape index (κ1) is 35.2. The minimum Gasteiger partial charge on any atom is -0.292 e. The number of fused-ring (bicyclic) bond motifs is 18. The predicted molar refractivity (Wildman–Crippen MR) is 266 cm³/mol. The average Bonchev–Trinajstić information content (AvgIpc) is 3.79. The first-order chi connectivity index (χ1) is 31.7. The van der Waals surface area contributed by atoms with E-state index in [2.05, 4.69) is 211 Å². The molecule has 0 N–H and O–H groups in total. The molecular weight excluding hydrogens is 775 g/mol. The zero-order valence-corrected chi connectivity index (χ0v) is 34.7. The van der Waals surface area contributed by atoms with Crippen LogP contribution in [0.3, 0.4) is 0 Å². The highest BCUT2D eigenvalue weighted by molar-refractivity contribution is 6.26. The number of aromatic nitrogens is 3. The maximum atomic E-state index is 5.38. The SMILES string of the molecule is C1=Cc2ccc(-c3ccc4c(c3)c3nc(-c5ccccc5)ccc3n4-c3ccccn3)cc2C2(c3ccccc31)c1ccccc1-c1cc3c4ccccc4c4ccccc4c3cc12. The molecule has 0 amide bonds. The van der Waals surface area contributed by atoms with Crippen molar-refractivity contribution in [3.63, 3.8) is 0 Å². The number of nitrogens with zero attached hydrogens (tertiary/aromatic N) is 3. The summed E-state index contributed by atoms with van der Waals surface area (Å²) in [6.45, 7) is 0. The Morgan fingerprint density at radius 1 is 0.359 bits per heavy atom. The Hall–Kier alpha value is -8.40. The van der Waals surface area contributed by atoms with Gasteiger partial charge in [-0.1, -0.05) is 164 Å². The van der Waals surface area contributed by atoms with Crippen LogP contribution in [0.1, 0.15) is 33.4 Å². The van der Waals surface area contributed by atoms with Crippen molar-refractivity contribution in [2.45, 2.75) is 5.41 Å². The molecular formula is C61H37N3. The van der Waals surface area contributed by atoms with E-state index < -0.39 is 5.41 Å². The molecule has 296 valence electrons. The van der Waals surface area contributed by atoms with Crippen LogP contribution in [0.25, 0.3) is 106 Å². The average molecular weight is 812 g/mol. The fraction of sp³-hybridized carbons (Fsp3) is 0.0164. The highest BCUT2D eigenvalue weighted by Gasteiger charge is 2.49. The zero-order valence-electron chi connectivity index (χ0n) is 34.7. The molecule has 0 fully saturated rings. The highest BCUT2D eigenvalue weighted by atomic mass is 15.1. The van der Waals surface area contributed by atoms with Gasteiger partial charge in [0.1, 0.15) is 5.82 Å². The van der Waals surface area contributed by atoms with Gasteiger partial charge in [0.2, 0.25) is 0 Å². The van der Waals surface area contributed by atoms with Gasteiger partial charge in [0, 0.05) is 17.1 Å². The van der Waals surface area contributed by atoms with Crippen LogP contribution in [0.5, 0.6) is 0 Å². The maximum absolute atomic E-state index is 5.38. The fourth-order valence-electron chi connectivity index (χ4n) is 11.3. The lowest BCUT2D eigenvalue weighted by atomic mass is 9.65. The molecule has 3 nitrogen and oxygen atoms in total. The Labute approximate surface area is 369 Å².